The number of alkyl halides is 3. The molecule has 0 spiro atoms. The molecule has 0 saturated carbocycles. The third-order valence-electron chi connectivity index (χ3n) is 6.90. The van der Waals surface area contributed by atoms with Gasteiger partial charge in [0.15, 0.2) is 6.10 Å². The highest BCUT2D eigenvalue weighted by molar-refractivity contribution is 5.77. The summed E-state index contributed by atoms with van der Waals surface area (Å²) in [5.41, 5.74) is 3.37. The Morgan fingerprint density at radius 2 is 1.71 bits per heavy atom. The molecule has 0 bridgehead atoms. The summed E-state index contributed by atoms with van der Waals surface area (Å²) in [6.45, 7) is 4.49. The number of aliphatic carboxylic acids is 1. The molecule has 8 nitrogen and oxygen atoms in total. The van der Waals surface area contributed by atoms with Gasteiger partial charge in [-0.2, -0.15) is 0 Å². The van der Waals surface area contributed by atoms with Gasteiger partial charge in [0.1, 0.15) is 17.2 Å². The van der Waals surface area contributed by atoms with Crippen LogP contribution in [0.15, 0.2) is 66.7 Å². The number of ether oxygens (including phenoxy) is 3. The van der Waals surface area contributed by atoms with Crippen LogP contribution in [0.25, 0.3) is 11.1 Å². The van der Waals surface area contributed by atoms with E-state index in [2.05, 4.69) is 4.74 Å². The van der Waals surface area contributed by atoms with E-state index in [1.165, 1.54) is 31.2 Å². The number of carbonyl (C=O) groups excluding carboxylic acids is 1. The molecule has 2 atom stereocenters. The molecule has 0 aliphatic carbocycles. The smallest absolute Gasteiger partial charge is 0.494 e. The number of amides is 2. The van der Waals surface area contributed by atoms with Crippen LogP contribution in [0.3, 0.4) is 0 Å². The lowest BCUT2D eigenvalue weighted by Gasteiger charge is -2.18. The van der Waals surface area contributed by atoms with Crippen LogP contribution in [0, 0.1) is 6.92 Å². The summed E-state index contributed by atoms with van der Waals surface area (Å²) in [5, 5.41) is 9.14. The first-order valence-corrected chi connectivity index (χ1v) is 13.0. The molecular weight excluding hydrogens is 541 g/mol. The van der Waals surface area contributed by atoms with Gasteiger partial charge in [0, 0.05) is 26.6 Å². The van der Waals surface area contributed by atoms with Crippen molar-refractivity contribution < 1.29 is 42.1 Å². The van der Waals surface area contributed by atoms with E-state index >= 15 is 0 Å². The van der Waals surface area contributed by atoms with E-state index < -0.39 is 18.4 Å². The van der Waals surface area contributed by atoms with Crippen molar-refractivity contribution in [3.63, 3.8) is 0 Å². The SMILES string of the molecule is Cc1c(OC(C)C(=O)O)cccc1-c1ccc(OCCC2CN(Cc3ccc(OC(F)(F)F)cc3)C(=O)N2C)cc1. The van der Waals surface area contributed by atoms with E-state index in [1.54, 1.807) is 22.9 Å². The Morgan fingerprint density at radius 3 is 2.34 bits per heavy atom. The summed E-state index contributed by atoms with van der Waals surface area (Å²) < 4.78 is 52.5. The average Bonchev–Trinajstić information content (AvgIpc) is 3.18. The lowest BCUT2D eigenvalue weighted by Crippen LogP contribution is -2.31. The molecule has 3 aromatic carbocycles. The number of hydrogen-bond donors (Lipinski definition) is 1. The molecule has 3 aromatic rings. The maximum atomic E-state index is 12.7. The van der Waals surface area contributed by atoms with Crippen LogP contribution in [0.2, 0.25) is 0 Å². The molecule has 0 aromatic heterocycles. The van der Waals surface area contributed by atoms with Crippen LogP contribution in [-0.2, 0) is 11.3 Å². The Labute approximate surface area is 235 Å². The zero-order valence-corrected chi connectivity index (χ0v) is 22.9. The lowest BCUT2D eigenvalue weighted by atomic mass is 10.00. The molecule has 4 rings (SSSR count). The number of carboxylic acid groups (broad SMARTS) is 1. The van der Waals surface area contributed by atoms with E-state index in [-0.39, 0.29) is 24.4 Å². The highest BCUT2D eigenvalue weighted by Crippen LogP contribution is 2.32. The van der Waals surface area contributed by atoms with E-state index in [1.807, 2.05) is 43.3 Å². The summed E-state index contributed by atoms with van der Waals surface area (Å²) in [6.07, 6.45) is -5.12. The molecule has 41 heavy (non-hydrogen) atoms. The quantitative estimate of drug-likeness (QED) is 0.298. The molecule has 2 amide bonds. The molecular formula is C30H31F3N2O6. The van der Waals surface area contributed by atoms with Crippen molar-refractivity contribution in [3.8, 4) is 28.4 Å². The Morgan fingerprint density at radius 1 is 1.05 bits per heavy atom. The highest BCUT2D eigenvalue weighted by Gasteiger charge is 2.34. The van der Waals surface area contributed by atoms with Crippen LogP contribution in [-0.4, -0.2) is 65.6 Å². The number of nitrogens with zero attached hydrogens (tertiary/aromatic N) is 2. The largest absolute Gasteiger partial charge is 0.573 e. The van der Waals surface area contributed by atoms with Crippen LogP contribution in [0.4, 0.5) is 18.0 Å². The summed E-state index contributed by atoms with van der Waals surface area (Å²) in [6, 6.07) is 18.3. The normalized spacial score (nSPS) is 16.0. The Balaban J connectivity index is 1.29. The summed E-state index contributed by atoms with van der Waals surface area (Å²) >= 11 is 0. The van der Waals surface area contributed by atoms with Crippen molar-refractivity contribution in [2.24, 2.45) is 0 Å². The number of urea groups is 1. The van der Waals surface area contributed by atoms with E-state index in [9.17, 15) is 22.8 Å². The Kier molecular flexibility index (Phi) is 8.95. The minimum absolute atomic E-state index is 0.0757. The predicted octanol–water partition coefficient (Wildman–Crippen LogP) is 6.12. The average molecular weight is 573 g/mol. The van der Waals surface area contributed by atoms with E-state index in [0.717, 1.165) is 16.7 Å². The number of carbonyl (C=O) groups is 2. The van der Waals surface area contributed by atoms with Gasteiger partial charge in [-0.1, -0.05) is 36.4 Å². The van der Waals surface area contributed by atoms with Crippen LogP contribution < -0.4 is 14.2 Å². The topological polar surface area (TPSA) is 88.5 Å². The first kappa shape index (κ1) is 29.6. The number of hydrogen-bond acceptors (Lipinski definition) is 5. The zero-order valence-electron chi connectivity index (χ0n) is 22.9. The second-order valence-electron chi connectivity index (χ2n) is 9.81. The van der Waals surface area contributed by atoms with Crippen molar-refractivity contribution in [3.05, 3.63) is 77.9 Å². The molecule has 0 radical (unpaired) electrons. The molecule has 1 heterocycles. The molecule has 1 fully saturated rings. The molecule has 2 unspecified atom stereocenters. The molecule has 1 aliphatic rings. The third-order valence-corrected chi connectivity index (χ3v) is 6.90. The number of carboxylic acids is 1. The van der Waals surface area contributed by atoms with Gasteiger partial charge >= 0.3 is 18.4 Å². The predicted molar refractivity (Wildman–Crippen MR) is 145 cm³/mol. The fraction of sp³-hybridized carbons (Fsp3) is 0.333. The highest BCUT2D eigenvalue weighted by atomic mass is 19.4. The first-order chi connectivity index (χ1) is 19.4. The number of rotatable bonds is 11. The molecule has 1 aliphatic heterocycles. The third kappa shape index (κ3) is 7.62. The first-order valence-electron chi connectivity index (χ1n) is 13.0. The molecule has 11 heteroatoms. The maximum Gasteiger partial charge on any atom is 0.573 e. The van der Waals surface area contributed by atoms with Gasteiger partial charge in [-0.25, -0.2) is 9.59 Å². The summed E-state index contributed by atoms with van der Waals surface area (Å²) in [4.78, 5) is 27.2. The minimum Gasteiger partial charge on any atom is -0.494 e. The van der Waals surface area contributed by atoms with Crippen LogP contribution in [0.1, 0.15) is 24.5 Å². The fourth-order valence-corrected chi connectivity index (χ4v) is 4.61. The van der Waals surface area contributed by atoms with Gasteiger partial charge in [-0.05, 0) is 66.4 Å². The minimum atomic E-state index is -4.75. The van der Waals surface area contributed by atoms with Crippen LogP contribution in [0.5, 0.6) is 17.2 Å². The van der Waals surface area contributed by atoms with Crippen molar-refractivity contribution in [2.45, 2.75) is 45.3 Å². The lowest BCUT2D eigenvalue weighted by molar-refractivity contribution is -0.274. The summed E-state index contributed by atoms with van der Waals surface area (Å²) in [7, 11) is 1.72. The van der Waals surface area contributed by atoms with E-state index in [0.29, 0.717) is 36.6 Å². The van der Waals surface area contributed by atoms with Crippen molar-refractivity contribution in [2.75, 3.05) is 20.2 Å². The van der Waals surface area contributed by atoms with Gasteiger partial charge in [0.25, 0.3) is 0 Å². The fourth-order valence-electron chi connectivity index (χ4n) is 4.61. The van der Waals surface area contributed by atoms with Gasteiger partial charge in [-0.15, -0.1) is 13.2 Å². The van der Waals surface area contributed by atoms with Gasteiger partial charge in [0.05, 0.1) is 12.6 Å². The van der Waals surface area contributed by atoms with Crippen LogP contribution >= 0.6 is 0 Å². The number of halogens is 3. The monoisotopic (exact) mass is 572 g/mol. The maximum absolute atomic E-state index is 12.7. The number of benzene rings is 3. The second-order valence-corrected chi connectivity index (χ2v) is 9.81. The van der Waals surface area contributed by atoms with Gasteiger partial charge < -0.3 is 29.1 Å². The second kappa shape index (κ2) is 12.4. The Hall–Kier alpha value is -4.41. The summed E-state index contributed by atoms with van der Waals surface area (Å²) in [5.74, 6) is -0.166. The molecule has 218 valence electrons. The van der Waals surface area contributed by atoms with Gasteiger partial charge in [0.2, 0.25) is 0 Å². The standard InChI is InChI=1S/C30H31F3N2O6/c1-19-26(5-4-6-27(19)40-20(2)28(36)37)22-9-13-24(14-10-22)39-16-15-23-18-35(29(38)34(23)3)17-21-7-11-25(12-8-21)41-30(31,32)33/h4-14,20,23H,15-18H2,1-3H3,(H,36,37). The van der Waals surface area contributed by atoms with E-state index in [4.69, 9.17) is 14.6 Å². The number of likely N-dealkylation sites (N-methyl/N-ethyl adjacent to an activating group) is 1. The van der Waals surface area contributed by atoms with Gasteiger partial charge in [-0.3, -0.25) is 0 Å². The molecule has 1 saturated heterocycles. The van der Waals surface area contributed by atoms with Crippen molar-refractivity contribution in [1.29, 1.82) is 0 Å². The zero-order chi connectivity index (χ0) is 29.7. The van der Waals surface area contributed by atoms with Crippen molar-refractivity contribution in [1.82, 2.24) is 9.80 Å². The van der Waals surface area contributed by atoms with Crippen molar-refractivity contribution >= 4 is 12.0 Å². The molecule has 1 N–H and O–H groups in total. The Bertz CT molecular complexity index is 1360.